The van der Waals surface area contributed by atoms with Crippen LogP contribution in [0.4, 0.5) is 5.95 Å². The van der Waals surface area contributed by atoms with Crippen LogP contribution < -0.4 is 5.32 Å². The van der Waals surface area contributed by atoms with E-state index in [0.29, 0.717) is 5.95 Å². The summed E-state index contributed by atoms with van der Waals surface area (Å²) < 4.78 is 5.31. The van der Waals surface area contributed by atoms with Crippen molar-refractivity contribution in [3.8, 4) is 0 Å². The fourth-order valence-electron chi connectivity index (χ4n) is 1.86. The van der Waals surface area contributed by atoms with Crippen molar-refractivity contribution in [3.05, 3.63) is 11.4 Å². The smallest absolute Gasteiger partial charge is 0.242 e. The van der Waals surface area contributed by atoms with E-state index < -0.39 is 0 Å². The lowest BCUT2D eigenvalue weighted by molar-refractivity contribution is 0.0378. The van der Waals surface area contributed by atoms with Gasteiger partial charge in [0, 0.05) is 19.6 Å². The fraction of sp³-hybridized carbons (Fsp3) is 0.750. The van der Waals surface area contributed by atoms with Gasteiger partial charge in [0.05, 0.1) is 24.6 Å². The average Bonchev–Trinajstić information content (AvgIpc) is 2.40. The van der Waals surface area contributed by atoms with Crippen molar-refractivity contribution >= 4 is 5.95 Å². The van der Waals surface area contributed by atoms with Crippen molar-refractivity contribution in [2.45, 2.75) is 20.3 Å². The summed E-state index contributed by atoms with van der Waals surface area (Å²) in [5, 5.41) is 11.3. The maximum Gasteiger partial charge on any atom is 0.242 e. The Bertz CT molecular complexity index is 379. The molecule has 0 unspecified atom stereocenters. The third-order valence-corrected chi connectivity index (χ3v) is 3.13. The molecule has 0 atom stereocenters. The van der Waals surface area contributed by atoms with Crippen LogP contribution in [-0.2, 0) is 4.74 Å². The monoisotopic (exact) mass is 251 g/mol. The van der Waals surface area contributed by atoms with E-state index in [9.17, 15) is 0 Å². The van der Waals surface area contributed by atoms with Crippen LogP contribution in [0.25, 0.3) is 0 Å². The van der Waals surface area contributed by atoms with Gasteiger partial charge in [-0.3, -0.25) is 4.90 Å². The molecular weight excluding hydrogens is 230 g/mol. The zero-order valence-electron chi connectivity index (χ0n) is 11.1. The van der Waals surface area contributed by atoms with Crippen LogP contribution in [0.15, 0.2) is 0 Å². The summed E-state index contributed by atoms with van der Waals surface area (Å²) in [6, 6.07) is 0. The second-order valence-corrected chi connectivity index (χ2v) is 4.54. The summed E-state index contributed by atoms with van der Waals surface area (Å²) >= 11 is 0. The number of hydrogen-bond donors (Lipinski definition) is 1. The van der Waals surface area contributed by atoms with Gasteiger partial charge in [0.1, 0.15) is 0 Å². The zero-order chi connectivity index (χ0) is 12.8. The summed E-state index contributed by atoms with van der Waals surface area (Å²) in [4.78, 5) is 6.76. The van der Waals surface area contributed by atoms with Crippen LogP contribution in [0.1, 0.15) is 17.8 Å². The van der Waals surface area contributed by atoms with Gasteiger partial charge in [-0.05, 0) is 26.8 Å². The van der Waals surface area contributed by atoms with E-state index in [2.05, 4.69) is 25.4 Å². The molecule has 0 radical (unpaired) electrons. The molecule has 0 amide bonds. The Morgan fingerprint density at radius 1 is 1.17 bits per heavy atom. The Hall–Kier alpha value is -1.27. The Labute approximate surface area is 108 Å². The standard InChI is InChI=1S/C12H21N5O/c1-10-11(2)15-16-12(14-10)13-4-3-5-17-6-8-18-9-7-17/h3-9H2,1-2H3,(H,13,14,16). The molecule has 0 aliphatic carbocycles. The first-order valence-corrected chi connectivity index (χ1v) is 6.47. The molecule has 1 aromatic rings. The van der Waals surface area contributed by atoms with Gasteiger partial charge in [-0.25, -0.2) is 4.98 Å². The number of anilines is 1. The molecule has 1 aliphatic heterocycles. The molecule has 2 heterocycles. The molecule has 6 heteroatoms. The third kappa shape index (κ3) is 3.89. The second kappa shape index (κ2) is 6.61. The number of hydrogen-bond acceptors (Lipinski definition) is 6. The van der Waals surface area contributed by atoms with E-state index in [-0.39, 0.29) is 0 Å². The topological polar surface area (TPSA) is 63.2 Å². The lowest BCUT2D eigenvalue weighted by Gasteiger charge is -2.26. The molecule has 1 fully saturated rings. The van der Waals surface area contributed by atoms with Crippen LogP contribution in [0, 0.1) is 13.8 Å². The van der Waals surface area contributed by atoms with Crippen LogP contribution >= 0.6 is 0 Å². The van der Waals surface area contributed by atoms with Crippen LogP contribution in [0.5, 0.6) is 0 Å². The lowest BCUT2D eigenvalue weighted by atomic mass is 10.3. The highest BCUT2D eigenvalue weighted by molar-refractivity contribution is 5.24. The molecule has 1 aliphatic rings. The normalized spacial score (nSPS) is 16.8. The van der Waals surface area contributed by atoms with Gasteiger partial charge >= 0.3 is 0 Å². The van der Waals surface area contributed by atoms with E-state index in [4.69, 9.17) is 4.74 Å². The number of rotatable bonds is 5. The van der Waals surface area contributed by atoms with Gasteiger partial charge in [-0.2, -0.15) is 5.10 Å². The number of aromatic nitrogens is 3. The molecule has 0 bridgehead atoms. The number of nitrogens with zero attached hydrogens (tertiary/aromatic N) is 4. The zero-order valence-corrected chi connectivity index (χ0v) is 11.1. The molecular formula is C12H21N5O. The van der Waals surface area contributed by atoms with E-state index >= 15 is 0 Å². The number of morpholine rings is 1. The maximum absolute atomic E-state index is 5.31. The molecule has 0 saturated carbocycles. The van der Waals surface area contributed by atoms with Crippen molar-refractivity contribution in [1.82, 2.24) is 20.1 Å². The first kappa shape index (κ1) is 13.2. The van der Waals surface area contributed by atoms with Crippen molar-refractivity contribution in [1.29, 1.82) is 0 Å². The summed E-state index contributed by atoms with van der Waals surface area (Å²) in [6.07, 6.45) is 1.08. The lowest BCUT2D eigenvalue weighted by Crippen LogP contribution is -2.37. The number of nitrogens with one attached hydrogen (secondary N) is 1. The van der Waals surface area contributed by atoms with Crippen LogP contribution in [0.2, 0.25) is 0 Å². The van der Waals surface area contributed by atoms with E-state index in [0.717, 1.165) is 57.2 Å². The van der Waals surface area contributed by atoms with Crippen molar-refractivity contribution < 1.29 is 4.74 Å². The minimum absolute atomic E-state index is 0.625. The fourth-order valence-corrected chi connectivity index (χ4v) is 1.86. The van der Waals surface area contributed by atoms with E-state index in [1.165, 1.54) is 0 Å². The first-order chi connectivity index (χ1) is 8.75. The molecule has 1 saturated heterocycles. The summed E-state index contributed by atoms with van der Waals surface area (Å²) in [5.74, 6) is 0.625. The highest BCUT2D eigenvalue weighted by Crippen LogP contribution is 2.02. The molecule has 6 nitrogen and oxygen atoms in total. The molecule has 18 heavy (non-hydrogen) atoms. The minimum atomic E-state index is 0.625. The van der Waals surface area contributed by atoms with Crippen molar-refractivity contribution in [2.75, 3.05) is 44.7 Å². The molecule has 100 valence electrons. The molecule has 1 aromatic heterocycles. The number of aryl methyl sites for hydroxylation is 2. The van der Waals surface area contributed by atoms with Gasteiger partial charge in [0.2, 0.25) is 5.95 Å². The van der Waals surface area contributed by atoms with Gasteiger partial charge in [-0.15, -0.1) is 5.10 Å². The van der Waals surface area contributed by atoms with Gasteiger partial charge in [-0.1, -0.05) is 0 Å². The third-order valence-electron chi connectivity index (χ3n) is 3.13. The molecule has 0 spiro atoms. The largest absolute Gasteiger partial charge is 0.379 e. The molecule has 0 aromatic carbocycles. The van der Waals surface area contributed by atoms with Gasteiger partial charge in [0.15, 0.2) is 0 Å². The van der Waals surface area contributed by atoms with Gasteiger partial charge < -0.3 is 10.1 Å². The minimum Gasteiger partial charge on any atom is -0.379 e. The second-order valence-electron chi connectivity index (χ2n) is 4.54. The summed E-state index contributed by atoms with van der Waals surface area (Å²) in [6.45, 7) is 9.63. The summed E-state index contributed by atoms with van der Waals surface area (Å²) in [5.41, 5.74) is 1.81. The Morgan fingerprint density at radius 2 is 1.94 bits per heavy atom. The quantitative estimate of drug-likeness (QED) is 0.774. The maximum atomic E-state index is 5.31. The van der Waals surface area contributed by atoms with Crippen LogP contribution in [-0.4, -0.2) is 59.5 Å². The molecule has 1 N–H and O–H groups in total. The van der Waals surface area contributed by atoms with Crippen molar-refractivity contribution in [3.63, 3.8) is 0 Å². The van der Waals surface area contributed by atoms with E-state index in [1.807, 2.05) is 13.8 Å². The first-order valence-electron chi connectivity index (χ1n) is 6.47. The predicted molar refractivity (Wildman–Crippen MR) is 69.7 cm³/mol. The number of ether oxygens (including phenoxy) is 1. The molecule has 2 rings (SSSR count). The Balaban J connectivity index is 1.66. The Morgan fingerprint density at radius 3 is 2.67 bits per heavy atom. The van der Waals surface area contributed by atoms with Gasteiger partial charge in [0.25, 0.3) is 0 Å². The highest BCUT2D eigenvalue weighted by Gasteiger charge is 2.09. The van der Waals surface area contributed by atoms with Crippen LogP contribution in [0.3, 0.4) is 0 Å². The highest BCUT2D eigenvalue weighted by atomic mass is 16.5. The van der Waals surface area contributed by atoms with E-state index in [1.54, 1.807) is 0 Å². The Kier molecular flexibility index (Phi) is 4.83. The van der Waals surface area contributed by atoms with Crippen molar-refractivity contribution in [2.24, 2.45) is 0 Å². The predicted octanol–water partition coefficient (Wildman–Crippen LogP) is 0.623. The SMILES string of the molecule is Cc1nnc(NCCCN2CCOCC2)nc1C. The average molecular weight is 251 g/mol. The summed E-state index contributed by atoms with van der Waals surface area (Å²) in [7, 11) is 0.